The van der Waals surface area contributed by atoms with Gasteiger partial charge in [0.15, 0.2) is 0 Å². The Bertz CT molecular complexity index is 839. The zero-order chi connectivity index (χ0) is 17.5. The van der Waals surface area contributed by atoms with Crippen LogP contribution in [0.15, 0.2) is 67.0 Å². The second kappa shape index (κ2) is 8.26. The van der Waals surface area contributed by atoms with Gasteiger partial charge in [0, 0.05) is 29.5 Å². The molecule has 0 aliphatic rings. The molecule has 0 fully saturated rings. The molecule has 1 amide bonds. The first-order valence-corrected chi connectivity index (χ1v) is 8.17. The molecule has 5 nitrogen and oxygen atoms in total. The summed E-state index contributed by atoms with van der Waals surface area (Å²) >= 11 is 6.10. The van der Waals surface area contributed by atoms with Gasteiger partial charge in [0.2, 0.25) is 5.91 Å². The monoisotopic (exact) mass is 353 g/mol. The molecule has 3 rings (SSSR count). The van der Waals surface area contributed by atoms with Gasteiger partial charge in [-0.05, 0) is 48.4 Å². The Morgan fingerprint density at radius 3 is 2.44 bits per heavy atom. The first-order valence-electron chi connectivity index (χ1n) is 7.79. The van der Waals surface area contributed by atoms with Crippen molar-refractivity contribution >= 4 is 23.2 Å². The second-order valence-corrected chi connectivity index (χ2v) is 5.70. The summed E-state index contributed by atoms with van der Waals surface area (Å²) in [4.78, 5) is 20.0. The molecule has 0 saturated heterocycles. The molecule has 3 aromatic rings. The van der Waals surface area contributed by atoms with Crippen molar-refractivity contribution in [2.45, 2.75) is 12.8 Å². The number of carbonyl (C=O) groups excluding carboxylic acids is 1. The number of anilines is 1. The van der Waals surface area contributed by atoms with Crippen LogP contribution in [0.5, 0.6) is 11.8 Å². The zero-order valence-corrected chi connectivity index (χ0v) is 14.1. The lowest BCUT2D eigenvalue weighted by molar-refractivity contribution is -0.116. The minimum atomic E-state index is -0.0695. The third-order valence-corrected chi connectivity index (χ3v) is 3.84. The van der Waals surface area contributed by atoms with Crippen LogP contribution >= 0.6 is 11.6 Å². The summed E-state index contributed by atoms with van der Waals surface area (Å²) in [7, 11) is 0. The van der Waals surface area contributed by atoms with Gasteiger partial charge in [-0.15, -0.1) is 0 Å². The number of aryl methyl sites for hydroxylation is 1. The lowest BCUT2D eigenvalue weighted by Gasteiger charge is -2.08. The van der Waals surface area contributed by atoms with Gasteiger partial charge in [0.1, 0.15) is 5.75 Å². The molecule has 0 atom stereocenters. The van der Waals surface area contributed by atoms with E-state index < -0.39 is 0 Å². The van der Waals surface area contributed by atoms with Crippen molar-refractivity contribution in [2.75, 3.05) is 5.32 Å². The third kappa shape index (κ3) is 5.02. The number of rotatable bonds is 6. The number of hydrogen-bond acceptors (Lipinski definition) is 4. The van der Waals surface area contributed by atoms with Crippen LogP contribution in [-0.4, -0.2) is 15.9 Å². The highest BCUT2D eigenvalue weighted by molar-refractivity contribution is 6.31. The van der Waals surface area contributed by atoms with E-state index in [9.17, 15) is 4.79 Å². The summed E-state index contributed by atoms with van der Waals surface area (Å²) in [6.45, 7) is 0. The maximum atomic E-state index is 12.1. The largest absolute Gasteiger partial charge is 0.424 e. The van der Waals surface area contributed by atoms with Crippen molar-refractivity contribution in [1.29, 1.82) is 0 Å². The van der Waals surface area contributed by atoms with Gasteiger partial charge in [-0.2, -0.15) is 0 Å². The Morgan fingerprint density at radius 1 is 1.00 bits per heavy atom. The predicted octanol–water partition coefficient (Wildman–Crippen LogP) is 4.49. The van der Waals surface area contributed by atoms with Crippen molar-refractivity contribution in [3.63, 3.8) is 0 Å². The van der Waals surface area contributed by atoms with Crippen LogP contribution in [0.2, 0.25) is 5.02 Å². The highest BCUT2D eigenvalue weighted by Gasteiger charge is 2.06. The highest BCUT2D eigenvalue weighted by atomic mass is 35.5. The van der Waals surface area contributed by atoms with Gasteiger partial charge >= 0.3 is 6.01 Å². The van der Waals surface area contributed by atoms with Gasteiger partial charge < -0.3 is 10.1 Å². The van der Waals surface area contributed by atoms with Gasteiger partial charge in [-0.3, -0.25) is 4.79 Å². The summed E-state index contributed by atoms with van der Waals surface area (Å²) in [6, 6.07) is 16.6. The van der Waals surface area contributed by atoms with E-state index in [1.807, 2.05) is 24.3 Å². The fourth-order valence-corrected chi connectivity index (χ4v) is 2.45. The number of benzene rings is 2. The molecule has 25 heavy (non-hydrogen) atoms. The van der Waals surface area contributed by atoms with Crippen molar-refractivity contribution < 1.29 is 9.53 Å². The fraction of sp³-hybridized carbons (Fsp3) is 0.105. The van der Waals surface area contributed by atoms with Crippen LogP contribution < -0.4 is 10.1 Å². The summed E-state index contributed by atoms with van der Waals surface area (Å²) in [5.74, 6) is 0.528. The number of ether oxygens (including phenoxy) is 1. The van der Waals surface area contributed by atoms with Crippen molar-refractivity contribution in [3.05, 3.63) is 77.6 Å². The summed E-state index contributed by atoms with van der Waals surface area (Å²) in [6.07, 6.45) is 4.17. The van der Waals surface area contributed by atoms with Gasteiger partial charge in [-0.1, -0.05) is 29.8 Å². The van der Waals surface area contributed by atoms with Crippen LogP contribution in [0.4, 0.5) is 5.69 Å². The number of halogens is 1. The van der Waals surface area contributed by atoms with Crippen molar-refractivity contribution in [3.8, 4) is 11.8 Å². The van der Waals surface area contributed by atoms with Crippen LogP contribution in [0.1, 0.15) is 12.0 Å². The molecule has 6 heteroatoms. The maximum Gasteiger partial charge on any atom is 0.321 e. The molecule has 0 aliphatic carbocycles. The molecular weight excluding hydrogens is 338 g/mol. The molecule has 1 heterocycles. The fourth-order valence-electron chi connectivity index (χ4n) is 2.22. The van der Waals surface area contributed by atoms with E-state index in [0.29, 0.717) is 29.3 Å². The molecule has 0 aliphatic heterocycles. The molecule has 2 aromatic carbocycles. The maximum absolute atomic E-state index is 12.1. The van der Waals surface area contributed by atoms with Gasteiger partial charge in [0.25, 0.3) is 0 Å². The molecule has 0 saturated carbocycles. The van der Waals surface area contributed by atoms with Gasteiger partial charge in [0.05, 0.1) is 0 Å². The van der Waals surface area contributed by atoms with Gasteiger partial charge in [-0.25, -0.2) is 9.97 Å². The van der Waals surface area contributed by atoms with Crippen LogP contribution in [0, 0.1) is 0 Å². The van der Waals surface area contributed by atoms with Crippen molar-refractivity contribution in [1.82, 2.24) is 9.97 Å². The third-order valence-electron chi connectivity index (χ3n) is 3.47. The van der Waals surface area contributed by atoms with E-state index in [1.54, 1.807) is 42.7 Å². The lowest BCUT2D eigenvalue weighted by atomic mass is 10.1. The van der Waals surface area contributed by atoms with E-state index >= 15 is 0 Å². The number of hydrogen-bond donors (Lipinski definition) is 1. The Balaban J connectivity index is 1.52. The molecule has 0 unspecified atom stereocenters. The van der Waals surface area contributed by atoms with Crippen LogP contribution in [0.25, 0.3) is 0 Å². The number of amides is 1. The van der Waals surface area contributed by atoms with E-state index in [1.165, 1.54) is 0 Å². The molecule has 1 N–H and O–H groups in total. The van der Waals surface area contributed by atoms with Crippen LogP contribution in [0.3, 0.4) is 0 Å². The zero-order valence-electron chi connectivity index (χ0n) is 13.4. The van der Waals surface area contributed by atoms with E-state index in [4.69, 9.17) is 16.3 Å². The number of aromatic nitrogens is 2. The van der Waals surface area contributed by atoms with E-state index in [-0.39, 0.29) is 11.9 Å². The topological polar surface area (TPSA) is 64.1 Å². The minimum Gasteiger partial charge on any atom is -0.424 e. The SMILES string of the molecule is O=C(CCc1ccccc1Cl)Nc1ccc(Oc2ncccn2)cc1. The number of carbonyl (C=O) groups is 1. The second-order valence-electron chi connectivity index (χ2n) is 5.30. The minimum absolute atomic E-state index is 0.0695. The molecule has 0 bridgehead atoms. The molecular formula is C19H16ClN3O2. The standard InChI is InChI=1S/C19H16ClN3O2/c20-17-5-2-1-4-14(17)6-11-18(24)23-15-7-9-16(10-8-15)25-19-21-12-3-13-22-19/h1-5,7-10,12-13H,6,11H2,(H,23,24). The summed E-state index contributed by atoms with van der Waals surface area (Å²) < 4.78 is 5.51. The lowest BCUT2D eigenvalue weighted by Crippen LogP contribution is -2.12. The Labute approximate surface area is 150 Å². The smallest absolute Gasteiger partial charge is 0.321 e. The molecule has 1 aromatic heterocycles. The van der Waals surface area contributed by atoms with E-state index in [2.05, 4.69) is 15.3 Å². The molecule has 126 valence electrons. The normalized spacial score (nSPS) is 10.3. The average molecular weight is 354 g/mol. The summed E-state index contributed by atoms with van der Waals surface area (Å²) in [5, 5.41) is 3.53. The predicted molar refractivity (Wildman–Crippen MR) is 97.0 cm³/mol. The van der Waals surface area contributed by atoms with E-state index in [0.717, 1.165) is 5.56 Å². The number of nitrogens with zero attached hydrogens (tertiary/aromatic N) is 2. The highest BCUT2D eigenvalue weighted by Crippen LogP contribution is 2.20. The molecule has 0 spiro atoms. The average Bonchev–Trinajstić information content (AvgIpc) is 2.64. The van der Waals surface area contributed by atoms with Crippen LogP contribution in [-0.2, 0) is 11.2 Å². The molecule has 0 radical (unpaired) electrons. The Morgan fingerprint density at radius 2 is 1.72 bits per heavy atom. The number of nitrogens with one attached hydrogen (secondary N) is 1. The quantitative estimate of drug-likeness (QED) is 0.709. The Hall–Kier alpha value is -2.92. The Kier molecular flexibility index (Phi) is 5.59. The first-order chi connectivity index (χ1) is 12.2. The summed E-state index contributed by atoms with van der Waals surface area (Å²) in [5.41, 5.74) is 1.66. The van der Waals surface area contributed by atoms with Crippen molar-refractivity contribution in [2.24, 2.45) is 0 Å². The first kappa shape index (κ1) is 16.9.